The first kappa shape index (κ1) is 12.6. The minimum atomic E-state index is -0.586. The second kappa shape index (κ2) is 4.11. The average Bonchev–Trinajstić information content (AvgIpc) is 2.63. The maximum Gasteiger partial charge on any atom is 0.106 e. The minimum absolute atomic E-state index is 0.311. The number of hydrogen-bond donors (Lipinski definition) is 1. The SMILES string of the molecule is Cc1nc2cc(C(N)C(C)(C)C#N)ccc2n1C. The van der Waals surface area contributed by atoms with Crippen LogP contribution in [-0.4, -0.2) is 9.55 Å². The molecule has 0 spiro atoms. The first-order valence-corrected chi connectivity index (χ1v) is 5.96. The summed E-state index contributed by atoms with van der Waals surface area (Å²) in [5, 5.41) is 9.14. The number of nitrogens with two attached hydrogens (primary N) is 1. The second-order valence-corrected chi connectivity index (χ2v) is 5.28. The van der Waals surface area contributed by atoms with Gasteiger partial charge in [-0.15, -0.1) is 0 Å². The Labute approximate surface area is 107 Å². The number of nitriles is 1. The Kier molecular flexibility index (Phi) is 2.88. The van der Waals surface area contributed by atoms with E-state index in [4.69, 9.17) is 11.0 Å². The van der Waals surface area contributed by atoms with Crippen molar-refractivity contribution in [1.82, 2.24) is 9.55 Å². The van der Waals surface area contributed by atoms with Crippen molar-refractivity contribution < 1.29 is 0 Å². The Hall–Kier alpha value is -1.86. The summed E-state index contributed by atoms with van der Waals surface area (Å²) in [4.78, 5) is 4.49. The van der Waals surface area contributed by atoms with Crippen LogP contribution >= 0.6 is 0 Å². The van der Waals surface area contributed by atoms with Crippen LogP contribution in [0.4, 0.5) is 0 Å². The molecule has 0 amide bonds. The molecule has 0 aliphatic heterocycles. The molecule has 94 valence electrons. The van der Waals surface area contributed by atoms with Gasteiger partial charge in [-0.25, -0.2) is 4.98 Å². The molecule has 2 aromatic rings. The molecule has 0 aliphatic carbocycles. The van der Waals surface area contributed by atoms with Crippen molar-refractivity contribution in [2.75, 3.05) is 0 Å². The fourth-order valence-electron chi connectivity index (χ4n) is 2.02. The van der Waals surface area contributed by atoms with Crippen molar-refractivity contribution in [3.8, 4) is 6.07 Å². The Balaban J connectivity index is 2.52. The normalized spacial score (nSPS) is 13.6. The molecule has 0 aliphatic rings. The molecule has 0 fully saturated rings. The first-order chi connectivity index (χ1) is 8.36. The molecule has 0 saturated carbocycles. The van der Waals surface area contributed by atoms with E-state index in [1.807, 2.05) is 50.6 Å². The van der Waals surface area contributed by atoms with Gasteiger partial charge in [-0.05, 0) is 38.5 Å². The molecule has 1 aromatic carbocycles. The monoisotopic (exact) mass is 242 g/mol. The third-order valence-electron chi connectivity index (χ3n) is 3.55. The molecule has 0 radical (unpaired) electrons. The third kappa shape index (κ3) is 1.87. The van der Waals surface area contributed by atoms with Gasteiger partial charge >= 0.3 is 0 Å². The maximum atomic E-state index is 9.14. The first-order valence-electron chi connectivity index (χ1n) is 5.96. The van der Waals surface area contributed by atoms with E-state index in [9.17, 15) is 0 Å². The molecule has 4 nitrogen and oxygen atoms in total. The van der Waals surface area contributed by atoms with Crippen molar-refractivity contribution in [1.29, 1.82) is 5.26 Å². The van der Waals surface area contributed by atoms with Gasteiger partial charge in [0.05, 0.1) is 22.5 Å². The van der Waals surface area contributed by atoms with E-state index in [1.54, 1.807) is 0 Å². The van der Waals surface area contributed by atoms with Gasteiger partial charge in [0.15, 0.2) is 0 Å². The highest BCUT2D eigenvalue weighted by Gasteiger charge is 2.27. The third-order valence-corrected chi connectivity index (χ3v) is 3.55. The molecule has 1 aromatic heterocycles. The maximum absolute atomic E-state index is 9.14. The van der Waals surface area contributed by atoms with Gasteiger partial charge in [0.1, 0.15) is 5.82 Å². The lowest BCUT2D eigenvalue weighted by molar-refractivity contribution is 0.394. The molecular weight excluding hydrogens is 224 g/mol. The van der Waals surface area contributed by atoms with Crippen molar-refractivity contribution in [3.05, 3.63) is 29.6 Å². The number of benzene rings is 1. The lowest BCUT2D eigenvalue weighted by Gasteiger charge is -2.24. The molecule has 0 saturated heterocycles. The Morgan fingerprint density at radius 2 is 2.11 bits per heavy atom. The molecule has 1 atom stereocenters. The highest BCUT2D eigenvalue weighted by molar-refractivity contribution is 5.77. The molecular formula is C14H18N4. The van der Waals surface area contributed by atoms with Crippen molar-refractivity contribution in [3.63, 3.8) is 0 Å². The number of fused-ring (bicyclic) bond motifs is 1. The number of aryl methyl sites for hydroxylation is 2. The van der Waals surface area contributed by atoms with Crippen LogP contribution in [-0.2, 0) is 7.05 Å². The lowest BCUT2D eigenvalue weighted by atomic mass is 9.82. The second-order valence-electron chi connectivity index (χ2n) is 5.28. The molecule has 2 rings (SSSR count). The Morgan fingerprint density at radius 1 is 1.44 bits per heavy atom. The van der Waals surface area contributed by atoms with E-state index in [-0.39, 0.29) is 6.04 Å². The van der Waals surface area contributed by atoms with E-state index in [0.717, 1.165) is 22.4 Å². The average molecular weight is 242 g/mol. The summed E-state index contributed by atoms with van der Waals surface area (Å²) in [6.45, 7) is 5.68. The Bertz CT molecular complexity index is 631. The van der Waals surface area contributed by atoms with E-state index >= 15 is 0 Å². The van der Waals surface area contributed by atoms with Gasteiger partial charge in [0.2, 0.25) is 0 Å². The topological polar surface area (TPSA) is 67.6 Å². The van der Waals surface area contributed by atoms with E-state index in [1.165, 1.54) is 0 Å². The number of imidazole rings is 1. The molecule has 1 heterocycles. The van der Waals surface area contributed by atoms with Crippen LogP contribution in [0.3, 0.4) is 0 Å². The number of hydrogen-bond acceptors (Lipinski definition) is 3. The Morgan fingerprint density at radius 3 is 2.72 bits per heavy atom. The quantitative estimate of drug-likeness (QED) is 0.879. The summed E-state index contributed by atoms with van der Waals surface area (Å²) in [5.74, 6) is 0.968. The summed E-state index contributed by atoms with van der Waals surface area (Å²) >= 11 is 0. The van der Waals surface area contributed by atoms with Crippen LogP contribution in [0, 0.1) is 23.7 Å². The standard InChI is InChI=1S/C14H18N4/c1-9-17-11-7-10(5-6-12(11)18(9)4)13(16)14(2,3)8-15/h5-7,13H,16H2,1-4H3. The molecule has 1 unspecified atom stereocenters. The van der Waals surface area contributed by atoms with Gasteiger partial charge in [0, 0.05) is 13.1 Å². The summed E-state index contributed by atoms with van der Waals surface area (Å²) in [7, 11) is 1.99. The van der Waals surface area contributed by atoms with E-state index in [0.29, 0.717) is 0 Å². The van der Waals surface area contributed by atoms with Gasteiger partial charge in [0.25, 0.3) is 0 Å². The van der Waals surface area contributed by atoms with Crippen LogP contribution < -0.4 is 5.73 Å². The van der Waals surface area contributed by atoms with Crippen LogP contribution in [0.25, 0.3) is 11.0 Å². The number of nitrogens with zero attached hydrogens (tertiary/aromatic N) is 3. The van der Waals surface area contributed by atoms with Crippen LogP contribution in [0.2, 0.25) is 0 Å². The van der Waals surface area contributed by atoms with E-state index in [2.05, 4.69) is 11.1 Å². The zero-order valence-corrected chi connectivity index (χ0v) is 11.2. The zero-order valence-electron chi connectivity index (χ0n) is 11.2. The lowest BCUT2D eigenvalue weighted by Crippen LogP contribution is -2.27. The summed E-state index contributed by atoms with van der Waals surface area (Å²) < 4.78 is 2.04. The number of aromatic nitrogens is 2. The molecule has 4 heteroatoms. The molecule has 0 bridgehead atoms. The summed E-state index contributed by atoms with van der Waals surface area (Å²) in [6.07, 6.45) is 0. The van der Waals surface area contributed by atoms with Crippen molar-refractivity contribution in [2.24, 2.45) is 18.2 Å². The van der Waals surface area contributed by atoms with Gasteiger partial charge in [-0.1, -0.05) is 6.07 Å². The predicted octanol–water partition coefficient (Wildman–Crippen LogP) is 2.43. The highest BCUT2D eigenvalue weighted by Crippen LogP contribution is 2.31. The largest absolute Gasteiger partial charge is 0.331 e. The summed E-state index contributed by atoms with van der Waals surface area (Å²) in [6, 6.07) is 7.91. The zero-order chi connectivity index (χ0) is 13.5. The van der Waals surface area contributed by atoms with E-state index < -0.39 is 5.41 Å². The van der Waals surface area contributed by atoms with Gasteiger partial charge in [-0.2, -0.15) is 5.26 Å². The number of rotatable bonds is 2. The van der Waals surface area contributed by atoms with Crippen molar-refractivity contribution >= 4 is 11.0 Å². The minimum Gasteiger partial charge on any atom is -0.331 e. The van der Waals surface area contributed by atoms with Crippen LogP contribution in [0.15, 0.2) is 18.2 Å². The predicted molar refractivity (Wildman–Crippen MR) is 71.8 cm³/mol. The highest BCUT2D eigenvalue weighted by atomic mass is 15.0. The van der Waals surface area contributed by atoms with Crippen LogP contribution in [0.5, 0.6) is 0 Å². The van der Waals surface area contributed by atoms with Gasteiger partial charge in [-0.3, -0.25) is 0 Å². The molecule has 2 N–H and O–H groups in total. The van der Waals surface area contributed by atoms with Crippen molar-refractivity contribution in [2.45, 2.75) is 26.8 Å². The molecule has 18 heavy (non-hydrogen) atoms. The fourth-order valence-corrected chi connectivity index (χ4v) is 2.02. The summed E-state index contributed by atoms with van der Waals surface area (Å²) in [5.41, 5.74) is 8.54. The van der Waals surface area contributed by atoms with Gasteiger partial charge < -0.3 is 10.3 Å². The smallest absolute Gasteiger partial charge is 0.106 e. The fraction of sp³-hybridized carbons (Fsp3) is 0.429. The van der Waals surface area contributed by atoms with Crippen LogP contribution in [0.1, 0.15) is 31.3 Å².